The molecule has 1 heterocycles. The number of benzene rings is 1. The number of rotatable bonds is 3. The van der Waals surface area contributed by atoms with E-state index in [-0.39, 0.29) is 0 Å². The summed E-state index contributed by atoms with van der Waals surface area (Å²) in [6.45, 7) is 1.69. The molecule has 2 rings (SSSR count). The first-order valence-electron chi connectivity index (χ1n) is 5.68. The van der Waals surface area contributed by atoms with Gasteiger partial charge in [0.2, 0.25) is 0 Å². The van der Waals surface area contributed by atoms with E-state index in [0.717, 1.165) is 31.8 Å². The van der Waals surface area contributed by atoms with Gasteiger partial charge in [0, 0.05) is 11.9 Å². The van der Waals surface area contributed by atoms with Crippen molar-refractivity contribution in [1.29, 1.82) is 0 Å². The topological polar surface area (TPSA) is 18.5 Å². The van der Waals surface area contributed by atoms with Crippen LogP contribution in [0.1, 0.15) is 12.0 Å². The molecule has 2 atom stereocenters. The first kappa shape index (κ1) is 11.8. The Hall–Kier alpha value is -0.670. The summed E-state index contributed by atoms with van der Waals surface area (Å²) in [5.74, 6) is 1.44. The minimum atomic E-state index is 0.468. The summed E-state index contributed by atoms with van der Waals surface area (Å²) in [6, 6.07) is 8.25. The molecule has 1 aromatic rings. The van der Waals surface area contributed by atoms with Gasteiger partial charge < -0.3 is 9.47 Å². The zero-order valence-corrected chi connectivity index (χ0v) is 10.5. The first-order valence-corrected chi connectivity index (χ1v) is 6.20. The summed E-state index contributed by atoms with van der Waals surface area (Å²) in [6.07, 6.45) is 2.10. The predicted molar refractivity (Wildman–Crippen MR) is 68.4 cm³/mol. The third kappa shape index (κ3) is 2.92. The molecule has 0 spiro atoms. The minimum Gasteiger partial charge on any atom is -0.497 e. The molecule has 2 nitrogen and oxygen atoms in total. The number of thiol groups is 1. The molecule has 1 aliphatic rings. The van der Waals surface area contributed by atoms with Crippen LogP contribution < -0.4 is 4.74 Å². The Bertz CT molecular complexity index is 323. The molecule has 0 amide bonds. The second-order valence-corrected chi connectivity index (χ2v) is 4.91. The van der Waals surface area contributed by atoms with Crippen LogP contribution in [0.25, 0.3) is 0 Å². The van der Waals surface area contributed by atoms with Crippen molar-refractivity contribution < 1.29 is 9.47 Å². The average Bonchev–Trinajstić information content (AvgIpc) is 2.33. The van der Waals surface area contributed by atoms with E-state index < -0.39 is 0 Å². The molecule has 1 saturated heterocycles. The smallest absolute Gasteiger partial charge is 0.118 e. The van der Waals surface area contributed by atoms with Crippen LogP contribution in [-0.4, -0.2) is 25.6 Å². The zero-order chi connectivity index (χ0) is 11.4. The van der Waals surface area contributed by atoms with Crippen molar-refractivity contribution in [3.63, 3.8) is 0 Å². The lowest BCUT2D eigenvalue weighted by Crippen LogP contribution is -2.29. The average molecular weight is 238 g/mol. The molecule has 1 aliphatic heterocycles. The van der Waals surface area contributed by atoms with Crippen molar-refractivity contribution in [3.8, 4) is 5.75 Å². The molecule has 0 aromatic heterocycles. The second-order valence-electron chi connectivity index (χ2n) is 4.24. The fourth-order valence-corrected chi connectivity index (χ4v) is 2.34. The highest BCUT2D eigenvalue weighted by atomic mass is 32.1. The van der Waals surface area contributed by atoms with Crippen LogP contribution in [0.2, 0.25) is 0 Å². The molecule has 0 N–H and O–H groups in total. The highest BCUT2D eigenvalue weighted by Gasteiger charge is 2.22. The van der Waals surface area contributed by atoms with Crippen molar-refractivity contribution in [2.45, 2.75) is 18.1 Å². The fraction of sp³-hybridized carbons (Fsp3) is 0.538. The maximum Gasteiger partial charge on any atom is 0.118 e. The Morgan fingerprint density at radius 2 is 2.12 bits per heavy atom. The summed E-state index contributed by atoms with van der Waals surface area (Å²) in [4.78, 5) is 0. The van der Waals surface area contributed by atoms with Gasteiger partial charge in [-0.1, -0.05) is 12.1 Å². The van der Waals surface area contributed by atoms with E-state index in [1.54, 1.807) is 7.11 Å². The van der Waals surface area contributed by atoms with E-state index in [4.69, 9.17) is 9.47 Å². The van der Waals surface area contributed by atoms with Crippen molar-refractivity contribution >= 4 is 12.6 Å². The van der Waals surface area contributed by atoms with Gasteiger partial charge in [-0.3, -0.25) is 0 Å². The lowest BCUT2D eigenvalue weighted by atomic mass is 9.93. The predicted octanol–water partition coefficient (Wildman–Crippen LogP) is 2.57. The van der Waals surface area contributed by atoms with E-state index in [9.17, 15) is 0 Å². The van der Waals surface area contributed by atoms with Crippen LogP contribution in [0.4, 0.5) is 0 Å². The standard InChI is InChI=1S/C13H18O2S/c1-14-12-4-2-10(3-5-12)8-11-9-15-7-6-13(11)16/h2-5,11,13,16H,6-9H2,1H3/t11-,13+/m0/s1. The Morgan fingerprint density at radius 1 is 1.38 bits per heavy atom. The normalized spacial score (nSPS) is 25.4. The Balaban J connectivity index is 1.96. The molecule has 3 heteroatoms. The van der Waals surface area contributed by atoms with Gasteiger partial charge in [0.1, 0.15) is 5.75 Å². The monoisotopic (exact) mass is 238 g/mol. The largest absolute Gasteiger partial charge is 0.497 e. The van der Waals surface area contributed by atoms with Crippen LogP contribution >= 0.6 is 12.6 Å². The van der Waals surface area contributed by atoms with Crippen LogP contribution in [0, 0.1) is 5.92 Å². The van der Waals surface area contributed by atoms with Gasteiger partial charge in [-0.2, -0.15) is 12.6 Å². The summed E-state index contributed by atoms with van der Waals surface area (Å²) in [5, 5.41) is 0.468. The third-order valence-electron chi connectivity index (χ3n) is 3.09. The van der Waals surface area contributed by atoms with Gasteiger partial charge >= 0.3 is 0 Å². The summed E-state index contributed by atoms with van der Waals surface area (Å²) in [5.41, 5.74) is 1.33. The molecule has 0 aliphatic carbocycles. The van der Waals surface area contributed by atoms with Gasteiger partial charge in [0.25, 0.3) is 0 Å². The van der Waals surface area contributed by atoms with E-state index >= 15 is 0 Å². The quantitative estimate of drug-likeness (QED) is 0.816. The fourth-order valence-electron chi connectivity index (χ4n) is 2.04. The van der Waals surface area contributed by atoms with Crippen molar-refractivity contribution in [2.75, 3.05) is 20.3 Å². The lowest BCUT2D eigenvalue weighted by Gasteiger charge is -2.28. The van der Waals surface area contributed by atoms with Crippen LogP contribution in [0.3, 0.4) is 0 Å². The second kappa shape index (κ2) is 5.60. The molecule has 88 valence electrons. The molecular formula is C13H18O2S. The number of ether oxygens (including phenoxy) is 2. The Morgan fingerprint density at radius 3 is 2.75 bits per heavy atom. The maximum absolute atomic E-state index is 5.50. The van der Waals surface area contributed by atoms with Gasteiger partial charge in [0.15, 0.2) is 0 Å². The van der Waals surface area contributed by atoms with Crippen molar-refractivity contribution in [1.82, 2.24) is 0 Å². The van der Waals surface area contributed by atoms with Gasteiger partial charge in [0.05, 0.1) is 13.7 Å². The number of hydrogen-bond acceptors (Lipinski definition) is 3. The number of methoxy groups -OCH3 is 1. The summed E-state index contributed by atoms with van der Waals surface area (Å²) < 4.78 is 10.6. The SMILES string of the molecule is COc1ccc(C[C@H]2COCC[C@H]2S)cc1. The summed E-state index contributed by atoms with van der Waals surface area (Å²) >= 11 is 4.62. The third-order valence-corrected chi connectivity index (χ3v) is 3.77. The Kier molecular flexibility index (Phi) is 4.13. The van der Waals surface area contributed by atoms with Gasteiger partial charge in [-0.15, -0.1) is 0 Å². The van der Waals surface area contributed by atoms with Crippen LogP contribution in [0.5, 0.6) is 5.75 Å². The Labute approximate surface area is 102 Å². The van der Waals surface area contributed by atoms with Crippen LogP contribution in [0.15, 0.2) is 24.3 Å². The highest BCUT2D eigenvalue weighted by molar-refractivity contribution is 7.81. The van der Waals surface area contributed by atoms with Crippen molar-refractivity contribution in [3.05, 3.63) is 29.8 Å². The molecule has 0 radical (unpaired) electrons. The molecule has 1 aromatic carbocycles. The van der Waals surface area contributed by atoms with Gasteiger partial charge in [-0.25, -0.2) is 0 Å². The molecule has 0 bridgehead atoms. The highest BCUT2D eigenvalue weighted by Crippen LogP contribution is 2.24. The van der Waals surface area contributed by atoms with Crippen LogP contribution in [-0.2, 0) is 11.2 Å². The molecule has 0 unspecified atom stereocenters. The number of hydrogen-bond donors (Lipinski definition) is 1. The lowest BCUT2D eigenvalue weighted by molar-refractivity contribution is 0.0596. The van der Waals surface area contributed by atoms with Gasteiger partial charge in [-0.05, 0) is 36.5 Å². The minimum absolute atomic E-state index is 0.468. The molecule has 0 saturated carbocycles. The zero-order valence-electron chi connectivity index (χ0n) is 9.56. The maximum atomic E-state index is 5.50. The molecule has 16 heavy (non-hydrogen) atoms. The molecular weight excluding hydrogens is 220 g/mol. The van der Waals surface area contributed by atoms with E-state index in [1.165, 1.54) is 5.56 Å². The van der Waals surface area contributed by atoms with E-state index in [0.29, 0.717) is 11.2 Å². The molecule has 1 fully saturated rings. The summed E-state index contributed by atoms with van der Waals surface area (Å²) in [7, 11) is 1.69. The van der Waals surface area contributed by atoms with Crippen molar-refractivity contribution in [2.24, 2.45) is 5.92 Å². The first-order chi connectivity index (χ1) is 7.79. The van der Waals surface area contributed by atoms with E-state index in [2.05, 4.69) is 24.8 Å². The van der Waals surface area contributed by atoms with E-state index in [1.807, 2.05) is 12.1 Å².